The minimum absolute atomic E-state index is 0.0478. The van der Waals surface area contributed by atoms with Crippen LogP contribution in [0, 0.1) is 5.41 Å². The van der Waals surface area contributed by atoms with Crippen LogP contribution in [0.2, 0.25) is 0 Å². The lowest BCUT2D eigenvalue weighted by Crippen LogP contribution is -2.47. The van der Waals surface area contributed by atoms with Gasteiger partial charge in [-0.25, -0.2) is 0 Å². The van der Waals surface area contributed by atoms with Gasteiger partial charge in [-0.1, -0.05) is 12.1 Å². The van der Waals surface area contributed by atoms with E-state index in [9.17, 15) is 9.59 Å². The van der Waals surface area contributed by atoms with E-state index in [0.717, 1.165) is 5.56 Å². The summed E-state index contributed by atoms with van der Waals surface area (Å²) in [5.41, 5.74) is 6.79. The van der Waals surface area contributed by atoms with Crippen molar-refractivity contribution in [1.82, 2.24) is 5.32 Å². The largest absolute Gasteiger partial charge is 0.379 e. The molecule has 1 heterocycles. The molecule has 0 aliphatic carbocycles. The lowest BCUT2D eigenvalue weighted by atomic mass is 9.85. The van der Waals surface area contributed by atoms with Crippen molar-refractivity contribution in [2.45, 2.75) is 19.4 Å². The zero-order chi connectivity index (χ0) is 15.5. The van der Waals surface area contributed by atoms with Crippen LogP contribution in [0.4, 0.5) is 5.69 Å². The van der Waals surface area contributed by atoms with Gasteiger partial charge in [0.2, 0.25) is 11.8 Å². The molecule has 1 fully saturated rings. The van der Waals surface area contributed by atoms with Gasteiger partial charge in [0, 0.05) is 18.8 Å². The molecule has 0 aromatic heterocycles. The summed E-state index contributed by atoms with van der Waals surface area (Å²) < 4.78 is 5.28. The molecule has 0 radical (unpaired) electrons. The molecule has 6 heteroatoms. The van der Waals surface area contributed by atoms with Crippen molar-refractivity contribution in [2.75, 3.05) is 25.6 Å². The Labute approximate surface area is 124 Å². The number of likely N-dealkylation sites (N-methyl/N-ethyl adjacent to an activating group) is 1. The van der Waals surface area contributed by atoms with E-state index in [1.807, 2.05) is 12.1 Å². The molecular formula is C15H21N3O3. The average molecular weight is 291 g/mol. The molecular weight excluding hydrogens is 270 g/mol. The third-order valence-corrected chi connectivity index (χ3v) is 3.89. The molecule has 1 aromatic carbocycles. The monoisotopic (exact) mass is 291 g/mol. The van der Waals surface area contributed by atoms with Crippen molar-refractivity contribution >= 4 is 17.5 Å². The highest BCUT2D eigenvalue weighted by Crippen LogP contribution is 2.28. The summed E-state index contributed by atoms with van der Waals surface area (Å²) in [6, 6.07) is 6.89. The number of nitrogens with one attached hydrogen (secondary N) is 2. The minimum Gasteiger partial charge on any atom is -0.379 e. The third-order valence-electron chi connectivity index (χ3n) is 3.89. The second kappa shape index (κ2) is 6.24. The Hall–Kier alpha value is -1.92. The number of hydrogen-bond acceptors (Lipinski definition) is 4. The van der Waals surface area contributed by atoms with Gasteiger partial charge in [0.25, 0.3) is 0 Å². The van der Waals surface area contributed by atoms with Crippen LogP contribution in [0.25, 0.3) is 0 Å². The van der Waals surface area contributed by atoms with Gasteiger partial charge in [-0.2, -0.15) is 0 Å². The fourth-order valence-corrected chi connectivity index (χ4v) is 2.18. The Kier molecular flexibility index (Phi) is 4.59. The van der Waals surface area contributed by atoms with Crippen molar-refractivity contribution in [3.8, 4) is 0 Å². The number of hydrogen-bond donors (Lipinski definition) is 3. The number of carbonyl (C=O) groups is 2. The fourth-order valence-electron chi connectivity index (χ4n) is 2.18. The second-order valence-electron chi connectivity index (χ2n) is 5.54. The van der Waals surface area contributed by atoms with Crippen LogP contribution in [0.5, 0.6) is 0 Å². The first-order valence-corrected chi connectivity index (χ1v) is 6.90. The number of amides is 2. The van der Waals surface area contributed by atoms with Crippen molar-refractivity contribution in [2.24, 2.45) is 11.1 Å². The van der Waals surface area contributed by atoms with E-state index < -0.39 is 5.41 Å². The molecule has 1 aliphatic rings. The highest BCUT2D eigenvalue weighted by atomic mass is 16.5. The van der Waals surface area contributed by atoms with E-state index in [2.05, 4.69) is 10.6 Å². The maximum atomic E-state index is 12.3. The molecule has 0 bridgehead atoms. The van der Waals surface area contributed by atoms with Crippen LogP contribution < -0.4 is 16.4 Å². The van der Waals surface area contributed by atoms with Gasteiger partial charge in [-0.15, -0.1) is 0 Å². The zero-order valence-electron chi connectivity index (χ0n) is 12.3. The van der Waals surface area contributed by atoms with Crippen LogP contribution in [-0.2, 0) is 20.7 Å². The van der Waals surface area contributed by atoms with E-state index in [-0.39, 0.29) is 17.9 Å². The van der Waals surface area contributed by atoms with Crippen LogP contribution in [-0.4, -0.2) is 38.1 Å². The van der Waals surface area contributed by atoms with Crippen molar-refractivity contribution < 1.29 is 14.3 Å². The van der Waals surface area contributed by atoms with Gasteiger partial charge in [0.05, 0.1) is 25.0 Å². The van der Waals surface area contributed by atoms with Crippen LogP contribution in [0.3, 0.4) is 0 Å². The summed E-state index contributed by atoms with van der Waals surface area (Å²) >= 11 is 0. The third kappa shape index (κ3) is 3.40. The van der Waals surface area contributed by atoms with Crippen LogP contribution in [0.1, 0.15) is 12.5 Å². The second-order valence-corrected chi connectivity index (χ2v) is 5.54. The molecule has 4 N–H and O–H groups in total. The standard InChI is InChI=1S/C15H21N3O3/c1-15(9-21-8-12(15)16)14(20)18-11-5-3-10(4-6-11)7-13(19)17-2/h3-6,12H,7-9,16H2,1-2H3,(H,17,19)(H,18,20). The SMILES string of the molecule is CNC(=O)Cc1ccc(NC(=O)C2(C)COCC2N)cc1. The highest BCUT2D eigenvalue weighted by Gasteiger charge is 2.44. The maximum Gasteiger partial charge on any atom is 0.234 e. The maximum absolute atomic E-state index is 12.3. The summed E-state index contributed by atoms with van der Waals surface area (Å²) in [4.78, 5) is 23.6. The molecule has 1 saturated heterocycles. The lowest BCUT2D eigenvalue weighted by molar-refractivity contribution is -0.125. The number of carbonyl (C=O) groups excluding carboxylic acids is 2. The first kappa shape index (κ1) is 15.5. The summed E-state index contributed by atoms with van der Waals surface area (Å²) in [7, 11) is 1.60. The van der Waals surface area contributed by atoms with E-state index in [4.69, 9.17) is 10.5 Å². The molecule has 2 rings (SSSR count). The first-order chi connectivity index (χ1) is 9.95. The number of ether oxygens (including phenoxy) is 1. The zero-order valence-corrected chi connectivity index (χ0v) is 12.3. The molecule has 0 spiro atoms. The molecule has 114 valence electrons. The van der Waals surface area contributed by atoms with Crippen LogP contribution >= 0.6 is 0 Å². The predicted octanol–water partition coefficient (Wildman–Crippen LogP) is 0.277. The quantitative estimate of drug-likeness (QED) is 0.742. The molecule has 2 atom stereocenters. The fraction of sp³-hybridized carbons (Fsp3) is 0.467. The Morgan fingerprint density at radius 1 is 1.38 bits per heavy atom. The molecule has 1 aliphatic heterocycles. The van der Waals surface area contributed by atoms with Crippen LogP contribution in [0.15, 0.2) is 24.3 Å². The summed E-state index contributed by atoms with van der Waals surface area (Å²) in [5.74, 6) is -0.195. The van der Waals surface area contributed by atoms with Gasteiger partial charge in [0.1, 0.15) is 0 Å². The van der Waals surface area contributed by atoms with Gasteiger partial charge < -0.3 is 21.1 Å². The van der Waals surface area contributed by atoms with Gasteiger partial charge >= 0.3 is 0 Å². The number of rotatable bonds is 4. The molecule has 6 nitrogen and oxygen atoms in total. The minimum atomic E-state index is -0.708. The van der Waals surface area contributed by atoms with Gasteiger partial charge in [-0.05, 0) is 24.6 Å². The topological polar surface area (TPSA) is 93.5 Å². The predicted molar refractivity (Wildman–Crippen MR) is 79.7 cm³/mol. The van der Waals surface area contributed by atoms with Gasteiger partial charge in [-0.3, -0.25) is 9.59 Å². The highest BCUT2D eigenvalue weighted by molar-refractivity contribution is 5.96. The molecule has 2 amide bonds. The van der Waals surface area contributed by atoms with Crippen molar-refractivity contribution in [3.05, 3.63) is 29.8 Å². The van der Waals surface area contributed by atoms with Crippen molar-refractivity contribution in [1.29, 1.82) is 0 Å². The number of benzene rings is 1. The Morgan fingerprint density at radius 3 is 2.57 bits per heavy atom. The number of anilines is 1. The van der Waals surface area contributed by atoms with E-state index in [1.54, 1.807) is 26.1 Å². The summed E-state index contributed by atoms with van der Waals surface area (Å²) in [6.07, 6.45) is 0.321. The Bertz CT molecular complexity index is 529. The smallest absolute Gasteiger partial charge is 0.234 e. The summed E-state index contributed by atoms with van der Waals surface area (Å²) in [6.45, 7) is 2.53. The Morgan fingerprint density at radius 2 is 2.05 bits per heavy atom. The first-order valence-electron chi connectivity index (χ1n) is 6.90. The Balaban J connectivity index is 2.00. The molecule has 21 heavy (non-hydrogen) atoms. The molecule has 1 aromatic rings. The van der Waals surface area contributed by atoms with Crippen molar-refractivity contribution in [3.63, 3.8) is 0 Å². The number of nitrogens with two attached hydrogens (primary N) is 1. The van der Waals surface area contributed by atoms with E-state index in [0.29, 0.717) is 25.3 Å². The summed E-state index contributed by atoms with van der Waals surface area (Å²) in [5, 5.41) is 5.42. The normalized spacial score (nSPS) is 24.6. The van der Waals surface area contributed by atoms with E-state index >= 15 is 0 Å². The van der Waals surface area contributed by atoms with Gasteiger partial charge in [0.15, 0.2) is 0 Å². The average Bonchev–Trinajstić information content (AvgIpc) is 2.82. The molecule has 2 unspecified atom stereocenters. The molecule has 0 saturated carbocycles. The lowest BCUT2D eigenvalue weighted by Gasteiger charge is -2.25. The van der Waals surface area contributed by atoms with E-state index in [1.165, 1.54) is 0 Å².